The summed E-state index contributed by atoms with van der Waals surface area (Å²) in [6.07, 6.45) is -0.620. The van der Waals surface area contributed by atoms with E-state index in [0.717, 1.165) is 18.1 Å². The first kappa shape index (κ1) is 17.0. The van der Waals surface area contributed by atoms with Crippen molar-refractivity contribution in [2.24, 2.45) is 0 Å². The van der Waals surface area contributed by atoms with Gasteiger partial charge in [0.15, 0.2) is 0 Å². The van der Waals surface area contributed by atoms with Crippen LogP contribution in [0.25, 0.3) is 0 Å². The highest BCUT2D eigenvalue weighted by Crippen LogP contribution is 2.32. The summed E-state index contributed by atoms with van der Waals surface area (Å²) in [5.41, 5.74) is -3.80. The van der Waals surface area contributed by atoms with Gasteiger partial charge < -0.3 is 4.74 Å². The normalized spacial score (nSPS) is 14.8. The van der Waals surface area contributed by atoms with Crippen molar-refractivity contribution < 1.29 is 31.1 Å². The summed E-state index contributed by atoms with van der Waals surface area (Å²) in [5, 5.41) is 0. The number of terminal acetylenes is 1. The summed E-state index contributed by atoms with van der Waals surface area (Å²) < 4.78 is 68.4. The summed E-state index contributed by atoms with van der Waals surface area (Å²) >= 11 is 0. The van der Waals surface area contributed by atoms with Crippen molar-refractivity contribution in [2.75, 3.05) is 7.11 Å². The van der Waals surface area contributed by atoms with Gasteiger partial charge in [0, 0.05) is 0 Å². The number of carbonyl (C=O) groups is 1. The van der Waals surface area contributed by atoms with Crippen molar-refractivity contribution in [3.05, 3.63) is 30.3 Å². The van der Waals surface area contributed by atoms with Gasteiger partial charge in [-0.2, -0.15) is 17.9 Å². The summed E-state index contributed by atoms with van der Waals surface area (Å²) in [6.45, 7) is 0. The maximum Gasteiger partial charge on any atom is 0.429 e. The minimum atomic E-state index is -5.38. The Morgan fingerprint density at radius 3 is 2.19 bits per heavy atom. The number of alkyl halides is 3. The fourth-order valence-electron chi connectivity index (χ4n) is 1.40. The van der Waals surface area contributed by atoms with Crippen LogP contribution in [0.1, 0.15) is 0 Å². The van der Waals surface area contributed by atoms with Gasteiger partial charge in [-0.05, 0) is 12.1 Å². The first-order valence-corrected chi connectivity index (χ1v) is 6.81. The molecule has 0 radical (unpaired) electrons. The number of halogens is 3. The second-order valence-corrected chi connectivity index (χ2v) is 5.48. The fraction of sp³-hybridized carbons (Fsp3) is 0.250. The third-order valence-electron chi connectivity index (χ3n) is 2.47. The predicted octanol–water partition coefficient (Wildman–Crippen LogP) is 1.07. The van der Waals surface area contributed by atoms with Crippen molar-refractivity contribution in [3.8, 4) is 12.3 Å². The van der Waals surface area contributed by atoms with Gasteiger partial charge in [0.1, 0.15) is 0 Å². The van der Waals surface area contributed by atoms with Gasteiger partial charge in [0.05, 0.1) is 12.0 Å². The van der Waals surface area contributed by atoms with Crippen molar-refractivity contribution in [1.29, 1.82) is 0 Å². The molecule has 1 atom stereocenters. The molecular weight excluding hydrogens is 311 g/mol. The molecule has 21 heavy (non-hydrogen) atoms. The average molecular weight is 321 g/mol. The maximum atomic E-state index is 13.1. The topological polar surface area (TPSA) is 72.5 Å². The zero-order chi connectivity index (χ0) is 16.3. The lowest BCUT2D eigenvalue weighted by Crippen LogP contribution is -2.63. The molecule has 1 rings (SSSR count). The minimum absolute atomic E-state index is 0.474. The lowest BCUT2D eigenvalue weighted by atomic mass is 10.0. The maximum absolute atomic E-state index is 13.1. The molecule has 1 aromatic rings. The van der Waals surface area contributed by atoms with Gasteiger partial charge in [-0.3, -0.25) is 0 Å². The molecule has 0 saturated heterocycles. The van der Waals surface area contributed by atoms with Crippen LogP contribution in [0.3, 0.4) is 0 Å². The number of esters is 1. The van der Waals surface area contributed by atoms with Gasteiger partial charge in [-0.25, -0.2) is 13.2 Å². The van der Waals surface area contributed by atoms with Crippen LogP contribution in [0.15, 0.2) is 35.2 Å². The Kier molecular flexibility index (Phi) is 4.65. The Hall–Kier alpha value is -2.05. The second-order valence-electron chi connectivity index (χ2n) is 3.80. The summed E-state index contributed by atoms with van der Waals surface area (Å²) in [5.74, 6) is -0.805. The van der Waals surface area contributed by atoms with Crippen LogP contribution in [0, 0.1) is 12.3 Å². The summed E-state index contributed by atoms with van der Waals surface area (Å²) in [6, 6.07) is 6.18. The molecule has 5 nitrogen and oxygen atoms in total. The number of ether oxygens (including phenoxy) is 1. The highest BCUT2D eigenvalue weighted by Gasteiger charge is 2.63. The molecule has 0 saturated carbocycles. The Morgan fingerprint density at radius 1 is 1.29 bits per heavy atom. The van der Waals surface area contributed by atoms with E-state index < -0.39 is 32.6 Å². The van der Waals surface area contributed by atoms with Crippen LogP contribution < -0.4 is 4.72 Å². The van der Waals surface area contributed by atoms with E-state index in [0.29, 0.717) is 7.11 Å². The lowest BCUT2D eigenvalue weighted by molar-refractivity contribution is -0.194. The second kappa shape index (κ2) is 5.75. The molecule has 0 bridgehead atoms. The fourth-order valence-corrected chi connectivity index (χ4v) is 2.69. The molecule has 0 fully saturated rings. The van der Waals surface area contributed by atoms with E-state index in [9.17, 15) is 26.4 Å². The molecule has 1 aromatic carbocycles. The first-order chi connectivity index (χ1) is 9.60. The van der Waals surface area contributed by atoms with Gasteiger partial charge in [-0.15, -0.1) is 6.42 Å². The third-order valence-corrected chi connectivity index (χ3v) is 3.94. The number of methoxy groups -OCH3 is 1. The van der Waals surface area contributed by atoms with Gasteiger partial charge in [0.2, 0.25) is 10.0 Å². The minimum Gasteiger partial charge on any atom is -0.467 e. The van der Waals surface area contributed by atoms with Crippen LogP contribution in [0.5, 0.6) is 0 Å². The van der Waals surface area contributed by atoms with Crippen LogP contribution in [0.4, 0.5) is 13.2 Å². The molecule has 9 heteroatoms. The molecule has 0 spiro atoms. The molecule has 1 N–H and O–H groups in total. The van der Waals surface area contributed by atoms with E-state index in [1.165, 1.54) is 22.9 Å². The summed E-state index contributed by atoms with van der Waals surface area (Å²) in [7, 11) is -4.02. The van der Waals surface area contributed by atoms with Gasteiger partial charge >= 0.3 is 12.1 Å². The highest BCUT2D eigenvalue weighted by molar-refractivity contribution is 7.89. The van der Waals surface area contributed by atoms with Gasteiger partial charge in [0.25, 0.3) is 5.54 Å². The van der Waals surface area contributed by atoms with Crippen molar-refractivity contribution in [1.82, 2.24) is 4.72 Å². The number of nitrogens with one attached hydrogen (secondary N) is 1. The van der Waals surface area contributed by atoms with E-state index >= 15 is 0 Å². The molecule has 0 aromatic heterocycles. The van der Waals surface area contributed by atoms with E-state index in [-0.39, 0.29) is 0 Å². The largest absolute Gasteiger partial charge is 0.467 e. The van der Waals surface area contributed by atoms with Crippen LogP contribution in [-0.2, 0) is 19.6 Å². The monoisotopic (exact) mass is 321 g/mol. The van der Waals surface area contributed by atoms with E-state index in [2.05, 4.69) is 4.74 Å². The molecule has 0 aliphatic heterocycles. The molecule has 0 amide bonds. The Balaban J connectivity index is 3.39. The Bertz CT molecular complexity index is 664. The Morgan fingerprint density at radius 2 is 1.81 bits per heavy atom. The van der Waals surface area contributed by atoms with E-state index in [1.54, 1.807) is 0 Å². The molecule has 1 unspecified atom stereocenters. The SMILES string of the molecule is C#CC(NS(=O)(=O)c1ccccc1)(C(=O)OC)C(F)(F)F. The number of sulfonamides is 1. The lowest BCUT2D eigenvalue weighted by Gasteiger charge is -2.28. The standard InChI is InChI=1S/C12H10F3NO4S/c1-3-11(10(17)20-2,12(13,14)15)16-21(18,19)9-7-5-4-6-8-9/h1,4-8,16H,2H3. The third kappa shape index (κ3) is 3.17. The number of hydrogen-bond acceptors (Lipinski definition) is 4. The molecular formula is C12H10F3NO4S. The zero-order valence-corrected chi connectivity index (χ0v) is 11.5. The molecule has 0 heterocycles. The van der Waals surface area contributed by atoms with E-state index in [1.807, 2.05) is 0 Å². The predicted molar refractivity (Wildman–Crippen MR) is 66.4 cm³/mol. The number of benzene rings is 1. The number of hydrogen-bond donors (Lipinski definition) is 1. The average Bonchev–Trinajstić information content (AvgIpc) is 2.43. The van der Waals surface area contributed by atoms with Crippen LogP contribution >= 0.6 is 0 Å². The Labute approximate surface area is 119 Å². The highest BCUT2D eigenvalue weighted by atomic mass is 32.2. The van der Waals surface area contributed by atoms with Gasteiger partial charge in [-0.1, -0.05) is 24.1 Å². The van der Waals surface area contributed by atoms with Crippen molar-refractivity contribution in [3.63, 3.8) is 0 Å². The van der Waals surface area contributed by atoms with Crippen molar-refractivity contribution >= 4 is 16.0 Å². The molecule has 0 aliphatic rings. The summed E-state index contributed by atoms with van der Waals surface area (Å²) in [4.78, 5) is 10.9. The van der Waals surface area contributed by atoms with Crippen LogP contribution in [-0.4, -0.2) is 33.2 Å². The number of rotatable bonds is 4. The number of carbonyl (C=O) groups excluding carboxylic acids is 1. The zero-order valence-electron chi connectivity index (χ0n) is 10.6. The molecule has 114 valence electrons. The molecule has 0 aliphatic carbocycles. The quantitative estimate of drug-likeness (QED) is 0.665. The smallest absolute Gasteiger partial charge is 0.429 e. The van der Waals surface area contributed by atoms with Crippen LogP contribution in [0.2, 0.25) is 0 Å². The van der Waals surface area contributed by atoms with E-state index in [4.69, 9.17) is 6.42 Å². The van der Waals surface area contributed by atoms with Crippen molar-refractivity contribution in [2.45, 2.75) is 16.6 Å². The first-order valence-electron chi connectivity index (χ1n) is 5.32.